The van der Waals surface area contributed by atoms with E-state index in [1.165, 1.54) is 12.2 Å². The number of carbonyl (C=O) groups excluding carboxylic acids is 2. The van der Waals surface area contributed by atoms with E-state index >= 15 is 0 Å². The van der Waals surface area contributed by atoms with Crippen molar-refractivity contribution < 1.29 is 33.3 Å². The first kappa shape index (κ1) is 41.8. The van der Waals surface area contributed by atoms with Gasteiger partial charge in [0, 0.05) is 13.0 Å². The van der Waals surface area contributed by atoms with Crippen LogP contribution in [0.4, 0.5) is 0 Å². The van der Waals surface area contributed by atoms with Crippen molar-refractivity contribution in [3.63, 3.8) is 0 Å². The Kier molecular flexibility index (Phi) is 22.7. The third-order valence-corrected chi connectivity index (χ3v) is 6.72. The summed E-state index contributed by atoms with van der Waals surface area (Å²) in [7, 11) is 14.0. The third-order valence-electron chi connectivity index (χ3n) is 5.24. The number of hydrogen-bond acceptors (Lipinski definition) is 5. The van der Waals surface area contributed by atoms with Gasteiger partial charge in [-0.25, -0.2) is 5.06 Å². The summed E-state index contributed by atoms with van der Waals surface area (Å²) in [6.07, 6.45) is 4.55. The molecular formula is C30H40Cl4LiN3O3. The van der Waals surface area contributed by atoms with E-state index in [9.17, 15) is 9.59 Å². The molecule has 0 radical (unpaired) electrons. The van der Waals surface area contributed by atoms with Gasteiger partial charge in [-0.15, -0.1) is 13.2 Å². The molecule has 0 unspecified atom stereocenters. The van der Waals surface area contributed by atoms with Crippen LogP contribution in [0.1, 0.15) is 35.8 Å². The second kappa shape index (κ2) is 22.3. The Morgan fingerprint density at radius 3 is 1.56 bits per heavy atom. The Morgan fingerprint density at radius 2 is 1.22 bits per heavy atom. The average Bonchev–Trinajstić information content (AvgIpc) is 2.88. The van der Waals surface area contributed by atoms with Crippen molar-refractivity contribution in [3.8, 4) is 0 Å². The molecule has 0 aliphatic heterocycles. The number of hydrogen-bond donors (Lipinski definition) is 0. The monoisotopic (exact) mass is 637 g/mol. The minimum absolute atomic E-state index is 0. The largest absolute Gasteiger partial charge is 1.00 e. The predicted molar refractivity (Wildman–Crippen MR) is 170 cm³/mol. The van der Waals surface area contributed by atoms with E-state index in [2.05, 4.69) is 20.2 Å². The van der Waals surface area contributed by atoms with E-state index < -0.39 is 0 Å². The van der Waals surface area contributed by atoms with Crippen LogP contribution in [0.5, 0.6) is 0 Å². The molecule has 0 aromatic heterocycles. The molecule has 2 atom stereocenters. The molecule has 0 saturated carbocycles. The third kappa shape index (κ3) is 16.2. The number of carbonyl (C=O) groups is 2. The maximum atomic E-state index is 12.2. The smallest absolute Gasteiger partial charge is 0.464 e. The Hall–Kier alpha value is -1.30. The summed E-state index contributed by atoms with van der Waals surface area (Å²) in [5.41, 5.74) is 1.68. The molecule has 11 heteroatoms. The summed E-state index contributed by atoms with van der Waals surface area (Å²) in [5, 5.41) is 3.05. The molecule has 41 heavy (non-hydrogen) atoms. The van der Waals surface area contributed by atoms with Crippen molar-refractivity contribution in [2.75, 3.05) is 48.9 Å². The van der Waals surface area contributed by atoms with Crippen LogP contribution < -0.4 is 18.9 Å². The van der Waals surface area contributed by atoms with Crippen LogP contribution >= 0.6 is 46.4 Å². The van der Waals surface area contributed by atoms with Gasteiger partial charge in [0.1, 0.15) is 0 Å². The second-order valence-corrected chi connectivity index (χ2v) is 10.9. The predicted octanol–water partition coefficient (Wildman–Crippen LogP) is 4.80. The van der Waals surface area contributed by atoms with Gasteiger partial charge in [0.05, 0.1) is 39.7 Å². The van der Waals surface area contributed by atoms with Crippen molar-refractivity contribution in [2.24, 2.45) is 0 Å². The zero-order valence-electron chi connectivity index (χ0n) is 25.1. The van der Waals surface area contributed by atoms with Crippen molar-refractivity contribution in [1.29, 1.82) is 0 Å². The SMILES string of the molecule is C=CC[C@@H](C(=O)CN(C)C)c1ccc(Cl)c(Cl)c1.C=CC[C@@H](C(=O)N(C)OC)c1ccc(Cl)c(Cl)c1.[CH2-]N(C)C.[Li+]. The summed E-state index contributed by atoms with van der Waals surface area (Å²) in [6.45, 7) is 7.77. The van der Waals surface area contributed by atoms with Crippen LogP contribution in [-0.4, -0.2) is 75.4 Å². The summed E-state index contributed by atoms with van der Waals surface area (Å²) in [6, 6.07) is 10.5. The molecule has 1 amide bonds. The van der Waals surface area contributed by atoms with Gasteiger partial charge in [0.25, 0.3) is 5.91 Å². The Labute approximate surface area is 278 Å². The maximum absolute atomic E-state index is 12.2. The maximum Gasteiger partial charge on any atom is 1.00 e. The van der Waals surface area contributed by atoms with Gasteiger partial charge in [-0.3, -0.25) is 21.5 Å². The van der Waals surface area contributed by atoms with Crippen LogP contribution in [0.2, 0.25) is 20.1 Å². The zero-order chi connectivity index (χ0) is 31.0. The van der Waals surface area contributed by atoms with Gasteiger partial charge in [-0.05, 0) is 76.4 Å². The Bertz CT molecular complexity index is 1110. The molecule has 0 heterocycles. The summed E-state index contributed by atoms with van der Waals surface area (Å²) >= 11 is 23.7. The number of likely N-dealkylation sites (N-methyl/N-ethyl adjacent to an activating group) is 2. The molecule has 222 valence electrons. The van der Waals surface area contributed by atoms with E-state index in [0.717, 1.165) is 11.1 Å². The molecule has 6 nitrogen and oxygen atoms in total. The Morgan fingerprint density at radius 1 is 0.829 bits per heavy atom. The van der Waals surface area contributed by atoms with E-state index in [1.807, 2.05) is 39.2 Å². The number of Topliss-reactive ketones (excluding diaryl/α,β-unsaturated/α-hetero) is 1. The van der Waals surface area contributed by atoms with Gasteiger partial charge < -0.3 is 9.80 Å². The molecule has 0 aliphatic carbocycles. The molecule has 2 aromatic carbocycles. The molecule has 0 N–H and O–H groups in total. The number of halogens is 4. The summed E-state index contributed by atoms with van der Waals surface area (Å²) in [5.74, 6) is -0.587. The van der Waals surface area contributed by atoms with E-state index in [1.54, 1.807) is 54.4 Å². The van der Waals surface area contributed by atoms with E-state index in [0.29, 0.717) is 39.5 Å². The van der Waals surface area contributed by atoms with E-state index in [-0.39, 0.29) is 42.4 Å². The van der Waals surface area contributed by atoms with Crippen molar-refractivity contribution in [3.05, 3.63) is 100.0 Å². The number of nitrogens with zero attached hydrogens (tertiary/aromatic N) is 3. The average molecular weight is 639 g/mol. The molecule has 0 fully saturated rings. The van der Waals surface area contributed by atoms with Gasteiger partial charge in [-0.2, -0.15) is 0 Å². The second-order valence-electron chi connectivity index (χ2n) is 9.30. The summed E-state index contributed by atoms with van der Waals surface area (Å²) < 4.78 is 0. The fourth-order valence-corrected chi connectivity index (χ4v) is 3.97. The van der Waals surface area contributed by atoms with Crippen LogP contribution in [0.25, 0.3) is 0 Å². The minimum atomic E-state index is -0.373. The van der Waals surface area contributed by atoms with Crippen LogP contribution in [-0.2, 0) is 14.4 Å². The topological polar surface area (TPSA) is 53.1 Å². The number of allylic oxidation sites excluding steroid dienone is 2. The number of amides is 1. The number of ketones is 1. The van der Waals surface area contributed by atoms with Gasteiger partial charge in [0.15, 0.2) is 5.78 Å². The fraction of sp³-hybridized carbons (Fsp3) is 0.367. The van der Waals surface area contributed by atoms with Crippen LogP contribution in [0.3, 0.4) is 0 Å². The molecule has 0 spiro atoms. The van der Waals surface area contributed by atoms with Crippen molar-refractivity contribution in [1.82, 2.24) is 14.9 Å². The number of hydroxylamine groups is 2. The molecule has 0 aliphatic rings. The molecule has 0 bridgehead atoms. The van der Waals surface area contributed by atoms with E-state index in [4.69, 9.17) is 51.2 Å². The first-order chi connectivity index (χ1) is 18.7. The van der Waals surface area contributed by atoms with Crippen LogP contribution in [0, 0.1) is 7.05 Å². The fourth-order valence-electron chi connectivity index (χ4n) is 3.36. The molecule has 2 aromatic rings. The first-order valence-electron chi connectivity index (χ1n) is 12.3. The minimum Gasteiger partial charge on any atom is -0.464 e. The van der Waals surface area contributed by atoms with Crippen LogP contribution in [0.15, 0.2) is 61.7 Å². The van der Waals surface area contributed by atoms with Crippen molar-refractivity contribution in [2.45, 2.75) is 24.7 Å². The standard InChI is InChI=1S/C14H17Cl2NO.C13H15Cl2NO2.C3H8N.Li/c1-4-5-11(14(18)9-17(2)3)10-6-7-12(15)13(16)8-10;1-4-5-10(13(17)16(2)18-3)9-6-7-11(14)12(15)8-9;1-4(2)3;/h4,6-8,11H,1,5,9H2,2-3H3;4,6-8,10H,1,5H2,2-3H3;1H2,2-3H3;/q;;-1;+1/t11-;10-;;/m11../s1. The quantitative estimate of drug-likeness (QED) is 0.153. The number of rotatable bonds is 11. The molecule has 2 rings (SSSR count). The van der Waals surface area contributed by atoms with Crippen molar-refractivity contribution >= 4 is 58.1 Å². The van der Waals surface area contributed by atoms with Gasteiger partial charge >= 0.3 is 18.9 Å². The van der Waals surface area contributed by atoms with Gasteiger partial charge in [-0.1, -0.05) is 70.7 Å². The normalized spacial score (nSPS) is 11.6. The molecular weight excluding hydrogens is 599 g/mol. The Balaban J connectivity index is 0. The summed E-state index contributed by atoms with van der Waals surface area (Å²) in [4.78, 5) is 32.8. The first-order valence-corrected chi connectivity index (χ1v) is 13.8. The number of benzene rings is 2. The molecule has 0 saturated heterocycles. The van der Waals surface area contributed by atoms with Gasteiger partial charge in [0.2, 0.25) is 0 Å². The zero-order valence-corrected chi connectivity index (χ0v) is 28.1.